The lowest BCUT2D eigenvalue weighted by molar-refractivity contribution is -0.126. The summed E-state index contributed by atoms with van der Waals surface area (Å²) >= 11 is 1.21. The van der Waals surface area contributed by atoms with Crippen LogP contribution in [-0.4, -0.2) is 60.7 Å². The lowest BCUT2D eigenvalue weighted by atomic mass is 10.1. The summed E-state index contributed by atoms with van der Waals surface area (Å²) < 4.78 is 4.98. The highest BCUT2D eigenvalue weighted by Crippen LogP contribution is 2.23. The lowest BCUT2D eigenvalue weighted by Crippen LogP contribution is -2.49. The van der Waals surface area contributed by atoms with E-state index in [0.717, 1.165) is 0 Å². The molecule has 2 N–H and O–H groups in total. The summed E-state index contributed by atoms with van der Waals surface area (Å²) in [5, 5.41) is 4.65. The maximum absolute atomic E-state index is 12.3. The molecule has 9 heteroatoms. The Balaban J connectivity index is 2.61. The second-order valence-electron chi connectivity index (χ2n) is 6.90. The molecule has 0 unspecified atom stereocenters. The molecule has 0 fully saturated rings. The Morgan fingerprint density at radius 3 is 2.33 bits per heavy atom. The molecular formula is C18H25N3O5S. The second-order valence-corrected chi connectivity index (χ2v) is 7.92. The van der Waals surface area contributed by atoms with E-state index in [0.29, 0.717) is 4.90 Å². The van der Waals surface area contributed by atoms with Crippen LogP contribution in [0.4, 0.5) is 4.79 Å². The number of hydrogen-bond acceptors (Lipinski definition) is 6. The third kappa shape index (κ3) is 8.59. The van der Waals surface area contributed by atoms with Crippen molar-refractivity contribution in [2.24, 2.45) is 0 Å². The molecule has 0 aliphatic rings. The van der Waals surface area contributed by atoms with E-state index in [9.17, 15) is 19.2 Å². The van der Waals surface area contributed by atoms with E-state index in [1.54, 1.807) is 59.1 Å². The van der Waals surface area contributed by atoms with Gasteiger partial charge in [0.1, 0.15) is 0 Å². The van der Waals surface area contributed by atoms with E-state index in [1.807, 2.05) is 0 Å². The van der Waals surface area contributed by atoms with E-state index in [1.165, 1.54) is 16.7 Å². The van der Waals surface area contributed by atoms with Crippen molar-refractivity contribution in [1.29, 1.82) is 0 Å². The zero-order valence-corrected chi connectivity index (χ0v) is 16.9. The van der Waals surface area contributed by atoms with Crippen molar-refractivity contribution in [3.63, 3.8) is 0 Å². The summed E-state index contributed by atoms with van der Waals surface area (Å²) in [6.07, 6.45) is 0. The molecular weight excluding hydrogens is 370 g/mol. The van der Waals surface area contributed by atoms with Crippen molar-refractivity contribution >= 4 is 35.6 Å². The number of carbonyl (C=O) groups is 4. The van der Waals surface area contributed by atoms with Crippen molar-refractivity contribution in [1.82, 2.24) is 15.5 Å². The van der Waals surface area contributed by atoms with Gasteiger partial charge in [0.25, 0.3) is 5.91 Å². The van der Waals surface area contributed by atoms with Crippen molar-refractivity contribution < 1.29 is 23.9 Å². The van der Waals surface area contributed by atoms with Crippen LogP contribution in [0.2, 0.25) is 0 Å². The average Bonchev–Trinajstić information content (AvgIpc) is 2.55. The molecule has 0 aromatic heterocycles. The molecule has 0 bridgehead atoms. The number of urea groups is 1. The van der Waals surface area contributed by atoms with Crippen LogP contribution in [0, 0.1) is 0 Å². The number of nitrogens with one attached hydrogen (secondary N) is 2. The number of benzene rings is 1. The SMILES string of the molecule is CN(C)C(=O)CSc1ccccc1C(=O)OCC(=O)NC(=O)NC(C)(C)C. The summed E-state index contributed by atoms with van der Waals surface area (Å²) in [6.45, 7) is 4.72. The van der Waals surface area contributed by atoms with Crippen LogP contribution in [0.5, 0.6) is 0 Å². The maximum Gasteiger partial charge on any atom is 0.339 e. The largest absolute Gasteiger partial charge is 0.452 e. The zero-order chi connectivity index (χ0) is 20.6. The molecule has 0 aliphatic carbocycles. The standard InChI is InChI=1S/C18H25N3O5S/c1-18(2,3)20-17(25)19-14(22)10-26-16(24)12-8-6-7-9-13(12)27-11-15(23)21(4)5/h6-9H,10-11H2,1-5H3,(H2,19,20,22,25). The summed E-state index contributed by atoms with van der Waals surface area (Å²) in [5.41, 5.74) is -0.248. The number of amides is 4. The number of hydrogen-bond donors (Lipinski definition) is 2. The third-order valence-corrected chi connectivity index (χ3v) is 4.09. The Hall–Kier alpha value is -2.55. The van der Waals surface area contributed by atoms with Gasteiger partial charge in [-0.05, 0) is 32.9 Å². The summed E-state index contributed by atoms with van der Waals surface area (Å²) in [4.78, 5) is 49.4. The molecule has 1 rings (SSSR count). The molecule has 27 heavy (non-hydrogen) atoms. The van der Waals surface area contributed by atoms with Crippen LogP contribution in [0.1, 0.15) is 31.1 Å². The van der Waals surface area contributed by atoms with Gasteiger partial charge in [0.15, 0.2) is 6.61 Å². The first-order chi connectivity index (χ1) is 12.5. The number of carbonyl (C=O) groups excluding carboxylic acids is 4. The van der Waals surface area contributed by atoms with Gasteiger partial charge in [0.2, 0.25) is 5.91 Å². The van der Waals surface area contributed by atoms with Gasteiger partial charge in [-0.25, -0.2) is 9.59 Å². The highest BCUT2D eigenvalue weighted by molar-refractivity contribution is 8.00. The first kappa shape index (κ1) is 22.5. The van der Waals surface area contributed by atoms with Gasteiger partial charge in [-0.3, -0.25) is 14.9 Å². The van der Waals surface area contributed by atoms with Gasteiger partial charge in [-0.15, -0.1) is 11.8 Å². The Kier molecular flexibility index (Phi) is 8.30. The molecule has 0 saturated carbocycles. The number of thioether (sulfide) groups is 1. The van der Waals surface area contributed by atoms with Gasteiger partial charge in [0.05, 0.1) is 11.3 Å². The Labute approximate surface area is 163 Å². The molecule has 0 aliphatic heterocycles. The molecule has 0 spiro atoms. The van der Waals surface area contributed by atoms with Crippen LogP contribution in [0.15, 0.2) is 29.2 Å². The number of rotatable bonds is 6. The van der Waals surface area contributed by atoms with E-state index in [-0.39, 0.29) is 17.2 Å². The molecule has 1 aromatic rings. The van der Waals surface area contributed by atoms with E-state index in [4.69, 9.17) is 4.74 Å². The smallest absolute Gasteiger partial charge is 0.339 e. The Morgan fingerprint density at radius 2 is 1.74 bits per heavy atom. The minimum Gasteiger partial charge on any atom is -0.452 e. The fraction of sp³-hybridized carbons (Fsp3) is 0.444. The molecule has 1 aromatic carbocycles. The van der Waals surface area contributed by atoms with Crippen LogP contribution >= 0.6 is 11.8 Å². The number of nitrogens with zero attached hydrogens (tertiary/aromatic N) is 1. The van der Waals surface area contributed by atoms with E-state index < -0.39 is 30.1 Å². The summed E-state index contributed by atoms with van der Waals surface area (Å²) in [6, 6.07) is 5.98. The fourth-order valence-electron chi connectivity index (χ4n) is 1.77. The quantitative estimate of drug-likeness (QED) is 0.561. The van der Waals surface area contributed by atoms with Gasteiger partial charge >= 0.3 is 12.0 Å². The van der Waals surface area contributed by atoms with Crippen molar-refractivity contribution in [3.8, 4) is 0 Å². The van der Waals surface area contributed by atoms with Gasteiger partial charge in [0, 0.05) is 24.5 Å². The van der Waals surface area contributed by atoms with Crippen molar-refractivity contribution in [2.75, 3.05) is 26.5 Å². The van der Waals surface area contributed by atoms with Crippen LogP contribution in [0.3, 0.4) is 0 Å². The number of ether oxygens (including phenoxy) is 1. The monoisotopic (exact) mass is 395 g/mol. The normalized spacial score (nSPS) is 10.7. The highest BCUT2D eigenvalue weighted by Gasteiger charge is 2.18. The lowest BCUT2D eigenvalue weighted by Gasteiger charge is -2.20. The maximum atomic E-state index is 12.3. The second kappa shape index (κ2) is 9.96. The van der Waals surface area contributed by atoms with Crippen LogP contribution in [-0.2, 0) is 14.3 Å². The van der Waals surface area contributed by atoms with Crippen LogP contribution in [0.25, 0.3) is 0 Å². The third-order valence-electron chi connectivity index (χ3n) is 3.03. The molecule has 0 radical (unpaired) electrons. The van der Waals surface area contributed by atoms with Crippen LogP contribution < -0.4 is 10.6 Å². The van der Waals surface area contributed by atoms with E-state index in [2.05, 4.69) is 10.6 Å². The minimum absolute atomic E-state index is 0.0904. The fourth-order valence-corrected chi connectivity index (χ4v) is 2.79. The molecule has 4 amide bonds. The molecule has 0 saturated heterocycles. The highest BCUT2D eigenvalue weighted by atomic mass is 32.2. The zero-order valence-electron chi connectivity index (χ0n) is 16.1. The first-order valence-corrected chi connectivity index (χ1v) is 9.19. The predicted molar refractivity (Wildman–Crippen MR) is 103 cm³/mol. The molecule has 0 atom stereocenters. The summed E-state index contributed by atoms with van der Waals surface area (Å²) in [7, 11) is 3.30. The van der Waals surface area contributed by atoms with Crippen molar-refractivity contribution in [3.05, 3.63) is 29.8 Å². The topological polar surface area (TPSA) is 105 Å². The minimum atomic E-state index is -0.738. The first-order valence-electron chi connectivity index (χ1n) is 8.20. The average molecular weight is 395 g/mol. The Morgan fingerprint density at radius 1 is 1.11 bits per heavy atom. The predicted octanol–water partition coefficient (Wildman–Crippen LogP) is 1.65. The number of imide groups is 1. The molecule has 0 heterocycles. The summed E-state index contributed by atoms with van der Waals surface area (Å²) in [5.74, 6) is -1.36. The number of esters is 1. The molecule has 8 nitrogen and oxygen atoms in total. The Bertz CT molecular complexity index is 713. The van der Waals surface area contributed by atoms with Gasteiger partial charge in [-0.2, -0.15) is 0 Å². The van der Waals surface area contributed by atoms with Gasteiger partial charge < -0.3 is 15.0 Å². The van der Waals surface area contributed by atoms with Gasteiger partial charge in [-0.1, -0.05) is 12.1 Å². The van der Waals surface area contributed by atoms with E-state index >= 15 is 0 Å². The molecule has 148 valence electrons. The van der Waals surface area contributed by atoms with Crippen molar-refractivity contribution in [2.45, 2.75) is 31.2 Å².